The Balaban J connectivity index is 1.65. The number of pyridine rings is 1. The van der Waals surface area contributed by atoms with Crippen LogP contribution in [-0.4, -0.2) is 22.4 Å². The zero-order chi connectivity index (χ0) is 23.0. The van der Waals surface area contributed by atoms with Crippen molar-refractivity contribution in [1.29, 1.82) is 0 Å². The fourth-order valence-electron chi connectivity index (χ4n) is 4.11. The SMILES string of the molecule is Cc1cc(C)c(C(=O)[C@@H](C)OC(=O)Cn2c3ccccc3c(=O)c3ccccc32)cc1C. The molecular weight excluding hydrogens is 402 g/mol. The molecule has 1 aromatic heterocycles. The van der Waals surface area contributed by atoms with Gasteiger partial charge in [0.1, 0.15) is 6.54 Å². The summed E-state index contributed by atoms with van der Waals surface area (Å²) in [6.45, 7) is 7.32. The average molecular weight is 428 g/mol. The molecule has 162 valence electrons. The highest BCUT2D eigenvalue weighted by atomic mass is 16.5. The van der Waals surface area contributed by atoms with Crippen LogP contribution in [0.1, 0.15) is 34.0 Å². The predicted molar refractivity (Wildman–Crippen MR) is 126 cm³/mol. The number of Topliss-reactive ketones (excluding diaryl/α,β-unsaturated/α-hetero) is 1. The number of fused-ring (bicyclic) bond motifs is 2. The largest absolute Gasteiger partial charge is 0.453 e. The number of hydrogen-bond donors (Lipinski definition) is 0. The highest BCUT2D eigenvalue weighted by molar-refractivity contribution is 6.01. The van der Waals surface area contributed by atoms with Crippen molar-refractivity contribution in [2.24, 2.45) is 0 Å². The lowest BCUT2D eigenvalue weighted by Gasteiger charge is -2.18. The van der Waals surface area contributed by atoms with Gasteiger partial charge in [0.15, 0.2) is 11.5 Å². The molecule has 0 unspecified atom stereocenters. The van der Waals surface area contributed by atoms with Gasteiger partial charge in [0.2, 0.25) is 5.78 Å². The zero-order valence-corrected chi connectivity index (χ0v) is 18.6. The fraction of sp³-hybridized carbons (Fsp3) is 0.222. The van der Waals surface area contributed by atoms with Gasteiger partial charge in [0, 0.05) is 16.3 Å². The van der Waals surface area contributed by atoms with Crippen LogP contribution in [0.3, 0.4) is 0 Å². The van der Waals surface area contributed by atoms with Crippen molar-refractivity contribution in [3.05, 3.63) is 93.1 Å². The van der Waals surface area contributed by atoms with E-state index in [0.717, 1.165) is 16.7 Å². The van der Waals surface area contributed by atoms with E-state index in [2.05, 4.69) is 0 Å². The number of benzene rings is 3. The van der Waals surface area contributed by atoms with Crippen molar-refractivity contribution in [3.63, 3.8) is 0 Å². The first-order valence-corrected chi connectivity index (χ1v) is 10.6. The molecule has 32 heavy (non-hydrogen) atoms. The van der Waals surface area contributed by atoms with Gasteiger partial charge in [-0.3, -0.25) is 14.4 Å². The number of ether oxygens (including phenoxy) is 1. The summed E-state index contributed by atoms with van der Waals surface area (Å²) < 4.78 is 7.31. The summed E-state index contributed by atoms with van der Waals surface area (Å²) in [4.78, 5) is 38.7. The van der Waals surface area contributed by atoms with Crippen molar-refractivity contribution in [2.45, 2.75) is 40.3 Å². The van der Waals surface area contributed by atoms with E-state index < -0.39 is 12.1 Å². The van der Waals surface area contributed by atoms with Crippen LogP contribution in [0.4, 0.5) is 0 Å². The van der Waals surface area contributed by atoms with Gasteiger partial charge >= 0.3 is 5.97 Å². The topological polar surface area (TPSA) is 65.4 Å². The van der Waals surface area contributed by atoms with Crippen molar-refractivity contribution in [3.8, 4) is 0 Å². The molecule has 5 nitrogen and oxygen atoms in total. The van der Waals surface area contributed by atoms with Crippen molar-refractivity contribution >= 4 is 33.6 Å². The molecule has 0 spiro atoms. The van der Waals surface area contributed by atoms with Gasteiger partial charge in [0.05, 0.1) is 11.0 Å². The standard InChI is InChI=1S/C27H25NO4/c1-16-13-18(3)22(14-17(16)2)26(30)19(4)32-25(29)15-28-23-11-7-5-9-20(23)27(31)21-10-6-8-12-24(21)28/h5-14,19H,15H2,1-4H3/t19-/m1/s1. The van der Waals surface area contributed by atoms with E-state index in [4.69, 9.17) is 4.74 Å². The molecule has 0 fully saturated rings. The third kappa shape index (κ3) is 3.82. The number of hydrogen-bond acceptors (Lipinski definition) is 4. The number of aryl methyl sites for hydroxylation is 3. The van der Waals surface area contributed by atoms with Gasteiger partial charge in [-0.15, -0.1) is 0 Å². The first kappa shape index (κ1) is 21.5. The highest BCUT2D eigenvalue weighted by Gasteiger charge is 2.22. The van der Waals surface area contributed by atoms with Gasteiger partial charge in [-0.05, 0) is 74.7 Å². The molecule has 4 aromatic rings. The summed E-state index contributed by atoms with van der Waals surface area (Å²) in [6.07, 6.45) is -0.916. The van der Waals surface area contributed by atoms with E-state index >= 15 is 0 Å². The summed E-state index contributed by atoms with van der Waals surface area (Å²) in [5.41, 5.74) is 4.78. The zero-order valence-electron chi connectivity index (χ0n) is 18.6. The molecule has 0 aliphatic rings. The molecule has 0 N–H and O–H groups in total. The second-order valence-electron chi connectivity index (χ2n) is 8.20. The molecule has 0 bridgehead atoms. The number of nitrogens with zero attached hydrogens (tertiary/aromatic N) is 1. The minimum Gasteiger partial charge on any atom is -0.453 e. The lowest BCUT2D eigenvalue weighted by Crippen LogP contribution is -2.27. The maximum Gasteiger partial charge on any atom is 0.326 e. The number of para-hydroxylation sites is 2. The number of carbonyl (C=O) groups is 2. The van der Waals surface area contributed by atoms with Crippen LogP contribution in [0.2, 0.25) is 0 Å². The highest BCUT2D eigenvalue weighted by Crippen LogP contribution is 2.21. The van der Waals surface area contributed by atoms with E-state index in [1.807, 2.05) is 57.2 Å². The Kier molecular flexibility index (Phi) is 5.66. The van der Waals surface area contributed by atoms with E-state index in [1.165, 1.54) is 0 Å². The fourth-order valence-corrected chi connectivity index (χ4v) is 4.11. The molecule has 3 aromatic carbocycles. The lowest BCUT2D eigenvalue weighted by atomic mass is 9.96. The van der Waals surface area contributed by atoms with Gasteiger partial charge in [-0.2, -0.15) is 0 Å². The minimum absolute atomic E-state index is 0.0745. The second kappa shape index (κ2) is 8.42. The smallest absolute Gasteiger partial charge is 0.326 e. The van der Waals surface area contributed by atoms with Crippen LogP contribution in [0.15, 0.2) is 65.5 Å². The molecule has 4 rings (SSSR count). The summed E-state index contributed by atoms with van der Waals surface area (Å²) in [7, 11) is 0. The van der Waals surface area contributed by atoms with E-state index in [0.29, 0.717) is 27.4 Å². The minimum atomic E-state index is -0.916. The average Bonchev–Trinajstić information content (AvgIpc) is 2.78. The Morgan fingerprint density at radius 2 is 1.38 bits per heavy atom. The second-order valence-corrected chi connectivity index (χ2v) is 8.20. The van der Waals surface area contributed by atoms with Crippen LogP contribution in [0.5, 0.6) is 0 Å². The Morgan fingerprint density at radius 3 is 1.97 bits per heavy atom. The number of esters is 1. The molecule has 1 heterocycles. The summed E-state index contributed by atoms with van der Waals surface area (Å²) in [5, 5.41) is 1.07. The molecule has 0 saturated heterocycles. The quantitative estimate of drug-likeness (QED) is 0.258. The Hall–Kier alpha value is -3.73. The van der Waals surface area contributed by atoms with Gasteiger partial charge in [-0.25, -0.2) is 0 Å². The first-order chi connectivity index (χ1) is 15.3. The van der Waals surface area contributed by atoms with Crippen LogP contribution in [0, 0.1) is 20.8 Å². The monoisotopic (exact) mass is 427 g/mol. The van der Waals surface area contributed by atoms with Crippen molar-refractivity contribution in [2.75, 3.05) is 0 Å². The normalized spacial score (nSPS) is 12.1. The Bertz CT molecular complexity index is 1370. The third-order valence-corrected chi connectivity index (χ3v) is 5.95. The van der Waals surface area contributed by atoms with E-state index in [-0.39, 0.29) is 17.8 Å². The molecular formula is C27H25NO4. The summed E-state index contributed by atoms with van der Waals surface area (Å²) >= 11 is 0. The van der Waals surface area contributed by atoms with Crippen molar-refractivity contribution < 1.29 is 14.3 Å². The van der Waals surface area contributed by atoms with Gasteiger partial charge < -0.3 is 9.30 Å². The molecule has 0 aliphatic heterocycles. The maximum absolute atomic E-state index is 13.0. The molecule has 0 saturated carbocycles. The van der Waals surface area contributed by atoms with Gasteiger partial charge in [-0.1, -0.05) is 30.3 Å². The van der Waals surface area contributed by atoms with Crippen LogP contribution in [-0.2, 0) is 16.1 Å². The van der Waals surface area contributed by atoms with E-state index in [9.17, 15) is 14.4 Å². The van der Waals surface area contributed by atoms with Crippen molar-refractivity contribution in [1.82, 2.24) is 4.57 Å². The molecule has 0 amide bonds. The van der Waals surface area contributed by atoms with Gasteiger partial charge in [0.25, 0.3) is 0 Å². The van der Waals surface area contributed by atoms with E-state index in [1.54, 1.807) is 35.8 Å². The molecule has 5 heteroatoms. The third-order valence-electron chi connectivity index (χ3n) is 5.95. The maximum atomic E-state index is 13.0. The number of rotatable bonds is 5. The summed E-state index contributed by atoms with van der Waals surface area (Å²) in [6, 6.07) is 18.2. The number of ketones is 1. The lowest BCUT2D eigenvalue weighted by molar-refractivity contribution is -0.146. The number of carbonyl (C=O) groups excluding carboxylic acids is 2. The predicted octanol–water partition coefficient (Wildman–Crippen LogP) is 4.89. The number of aromatic nitrogens is 1. The Labute approximate surface area is 186 Å². The molecule has 0 radical (unpaired) electrons. The molecule has 0 aliphatic carbocycles. The summed E-state index contributed by atoms with van der Waals surface area (Å²) in [5.74, 6) is -0.764. The molecule has 1 atom stereocenters. The Morgan fingerprint density at radius 1 is 0.844 bits per heavy atom. The first-order valence-electron chi connectivity index (χ1n) is 10.6. The van der Waals surface area contributed by atoms with Crippen LogP contribution < -0.4 is 5.43 Å². The van der Waals surface area contributed by atoms with Crippen LogP contribution >= 0.6 is 0 Å². The van der Waals surface area contributed by atoms with Crippen LogP contribution in [0.25, 0.3) is 21.8 Å².